The van der Waals surface area contributed by atoms with Gasteiger partial charge in [0, 0.05) is 16.0 Å². The molecule has 2 nitrogen and oxygen atoms in total. The van der Waals surface area contributed by atoms with Crippen LogP contribution in [0.1, 0.15) is 5.56 Å². The molecular formula is C12H9BrCl2N2. The number of rotatable bonds is 3. The monoisotopic (exact) mass is 330 g/mol. The Labute approximate surface area is 118 Å². The smallest absolute Gasteiger partial charge is 0.129 e. The average molecular weight is 332 g/mol. The fourth-order valence-corrected chi connectivity index (χ4v) is 2.05. The van der Waals surface area contributed by atoms with Crippen LogP contribution in [0.25, 0.3) is 0 Å². The molecule has 0 aliphatic carbocycles. The first-order valence-corrected chi connectivity index (χ1v) is 6.49. The number of nitrogens with zero attached hydrogens (tertiary/aromatic N) is 1. The van der Waals surface area contributed by atoms with Gasteiger partial charge in [0.25, 0.3) is 0 Å². The van der Waals surface area contributed by atoms with Gasteiger partial charge in [-0.25, -0.2) is 4.98 Å². The highest BCUT2D eigenvalue weighted by atomic mass is 79.9. The van der Waals surface area contributed by atoms with Gasteiger partial charge in [-0.15, -0.1) is 0 Å². The Bertz CT molecular complexity index is 514. The number of nitrogens with one attached hydrogen (secondary N) is 1. The van der Waals surface area contributed by atoms with Crippen LogP contribution in [0.5, 0.6) is 0 Å². The minimum atomic E-state index is 0.486. The molecule has 2 rings (SSSR count). The highest BCUT2D eigenvalue weighted by molar-refractivity contribution is 9.10. The van der Waals surface area contributed by atoms with E-state index in [0.29, 0.717) is 11.7 Å². The lowest BCUT2D eigenvalue weighted by Crippen LogP contribution is -2.00. The number of hydrogen-bond acceptors (Lipinski definition) is 2. The van der Waals surface area contributed by atoms with Gasteiger partial charge in [-0.05, 0) is 35.9 Å². The second-order valence-corrected chi connectivity index (χ2v) is 5.14. The molecule has 0 spiro atoms. The molecule has 5 heteroatoms. The van der Waals surface area contributed by atoms with Crippen LogP contribution < -0.4 is 5.32 Å². The fourth-order valence-electron chi connectivity index (χ4n) is 1.36. The summed E-state index contributed by atoms with van der Waals surface area (Å²) in [6.45, 7) is 0.671. The van der Waals surface area contributed by atoms with Crippen molar-refractivity contribution in [3.05, 3.63) is 56.7 Å². The predicted octanol–water partition coefficient (Wildman–Crippen LogP) is 4.76. The van der Waals surface area contributed by atoms with Crippen LogP contribution in [-0.2, 0) is 6.54 Å². The van der Waals surface area contributed by atoms with Crippen molar-refractivity contribution in [1.29, 1.82) is 0 Å². The van der Waals surface area contributed by atoms with Crippen molar-refractivity contribution in [3.8, 4) is 0 Å². The van der Waals surface area contributed by atoms with Crippen LogP contribution in [-0.4, -0.2) is 4.98 Å². The van der Waals surface area contributed by atoms with E-state index in [-0.39, 0.29) is 0 Å². The highest BCUT2D eigenvalue weighted by Gasteiger charge is 2.01. The molecule has 17 heavy (non-hydrogen) atoms. The van der Waals surface area contributed by atoms with Crippen LogP contribution >= 0.6 is 39.1 Å². The van der Waals surface area contributed by atoms with E-state index in [9.17, 15) is 0 Å². The van der Waals surface area contributed by atoms with Gasteiger partial charge in [0.15, 0.2) is 0 Å². The standard InChI is InChI=1S/C12H9BrCl2N2/c13-11-3-1-9(14)5-8(11)6-16-10-2-4-12(15)17-7-10/h1-5,7,16H,6H2. The lowest BCUT2D eigenvalue weighted by molar-refractivity contribution is 1.13. The van der Waals surface area contributed by atoms with E-state index < -0.39 is 0 Å². The van der Waals surface area contributed by atoms with E-state index in [1.807, 2.05) is 24.3 Å². The highest BCUT2D eigenvalue weighted by Crippen LogP contribution is 2.22. The number of pyridine rings is 1. The molecule has 1 aromatic carbocycles. The fraction of sp³-hybridized carbons (Fsp3) is 0.0833. The summed E-state index contributed by atoms with van der Waals surface area (Å²) in [7, 11) is 0. The molecule has 0 saturated carbocycles. The summed E-state index contributed by atoms with van der Waals surface area (Å²) in [6, 6.07) is 9.32. The quantitative estimate of drug-likeness (QED) is 0.820. The molecule has 0 saturated heterocycles. The Balaban J connectivity index is 2.07. The van der Waals surface area contributed by atoms with Crippen LogP contribution in [0, 0.1) is 0 Å². The van der Waals surface area contributed by atoms with Crippen molar-refractivity contribution in [3.63, 3.8) is 0 Å². The average Bonchev–Trinajstić information content (AvgIpc) is 2.32. The van der Waals surface area contributed by atoms with E-state index in [2.05, 4.69) is 26.2 Å². The van der Waals surface area contributed by atoms with Crippen LogP contribution in [0.15, 0.2) is 41.0 Å². The third kappa shape index (κ3) is 3.60. The van der Waals surface area contributed by atoms with Crippen molar-refractivity contribution in [2.75, 3.05) is 5.32 Å². The van der Waals surface area contributed by atoms with Crippen molar-refractivity contribution >= 4 is 44.8 Å². The molecule has 2 aromatic rings. The zero-order chi connectivity index (χ0) is 12.3. The van der Waals surface area contributed by atoms with Gasteiger partial charge < -0.3 is 5.32 Å². The number of benzene rings is 1. The molecular weight excluding hydrogens is 323 g/mol. The van der Waals surface area contributed by atoms with Crippen LogP contribution in [0.2, 0.25) is 10.2 Å². The summed E-state index contributed by atoms with van der Waals surface area (Å²) in [6.07, 6.45) is 1.70. The molecule has 1 heterocycles. The minimum Gasteiger partial charge on any atom is -0.380 e. The Hall–Kier alpha value is -0.770. The molecule has 0 aliphatic heterocycles. The maximum Gasteiger partial charge on any atom is 0.129 e. The maximum atomic E-state index is 5.94. The summed E-state index contributed by atoms with van der Waals surface area (Å²) in [5, 5.41) is 4.45. The normalized spacial score (nSPS) is 10.3. The van der Waals surface area contributed by atoms with Gasteiger partial charge in [-0.3, -0.25) is 0 Å². The Morgan fingerprint density at radius 2 is 2.00 bits per heavy atom. The summed E-state index contributed by atoms with van der Waals surface area (Å²) in [5.41, 5.74) is 2.01. The third-order valence-corrected chi connectivity index (χ3v) is 3.45. The number of anilines is 1. The second-order valence-electron chi connectivity index (χ2n) is 3.46. The first-order chi connectivity index (χ1) is 8.15. The first kappa shape index (κ1) is 12.7. The van der Waals surface area contributed by atoms with Gasteiger partial charge in [0.05, 0.1) is 11.9 Å². The largest absolute Gasteiger partial charge is 0.380 e. The molecule has 1 N–H and O–H groups in total. The second kappa shape index (κ2) is 5.71. The predicted molar refractivity (Wildman–Crippen MR) is 75.7 cm³/mol. The summed E-state index contributed by atoms with van der Waals surface area (Å²) in [5.74, 6) is 0. The molecule has 0 atom stereocenters. The molecule has 1 aromatic heterocycles. The lowest BCUT2D eigenvalue weighted by Gasteiger charge is -2.08. The Morgan fingerprint density at radius 1 is 1.18 bits per heavy atom. The van der Waals surface area contributed by atoms with Crippen LogP contribution in [0.4, 0.5) is 5.69 Å². The zero-order valence-electron chi connectivity index (χ0n) is 8.75. The van der Waals surface area contributed by atoms with E-state index in [1.165, 1.54) is 0 Å². The topological polar surface area (TPSA) is 24.9 Å². The van der Waals surface area contributed by atoms with Gasteiger partial charge >= 0.3 is 0 Å². The van der Waals surface area contributed by atoms with Crippen molar-refractivity contribution in [1.82, 2.24) is 4.98 Å². The van der Waals surface area contributed by atoms with Crippen molar-refractivity contribution in [2.24, 2.45) is 0 Å². The van der Waals surface area contributed by atoms with Crippen LogP contribution in [0.3, 0.4) is 0 Å². The number of hydrogen-bond donors (Lipinski definition) is 1. The third-order valence-electron chi connectivity index (χ3n) is 2.22. The van der Waals surface area contributed by atoms with Gasteiger partial charge in [0.2, 0.25) is 0 Å². The Kier molecular flexibility index (Phi) is 4.26. The van der Waals surface area contributed by atoms with E-state index in [0.717, 1.165) is 20.7 Å². The lowest BCUT2D eigenvalue weighted by atomic mass is 10.2. The summed E-state index contributed by atoms with van der Waals surface area (Å²) in [4.78, 5) is 4.00. The van der Waals surface area contributed by atoms with Gasteiger partial charge in [-0.2, -0.15) is 0 Å². The zero-order valence-corrected chi connectivity index (χ0v) is 11.9. The van der Waals surface area contributed by atoms with Crippen molar-refractivity contribution in [2.45, 2.75) is 6.54 Å². The first-order valence-electron chi connectivity index (χ1n) is 4.94. The minimum absolute atomic E-state index is 0.486. The van der Waals surface area contributed by atoms with Gasteiger partial charge in [-0.1, -0.05) is 39.1 Å². The maximum absolute atomic E-state index is 5.94. The molecule has 0 unspecified atom stereocenters. The van der Waals surface area contributed by atoms with Crippen molar-refractivity contribution < 1.29 is 0 Å². The molecule has 0 aliphatic rings. The van der Waals surface area contributed by atoms with E-state index in [4.69, 9.17) is 23.2 Å². The molecule has 0 amide bonds. The molecule has 0 radical (unpaired) electrons. The molecule has 0 fully saturated rings. The van der Waals surface area contributed by atoms with E-state index in [1.54, 1.807) is 12.3 Å². The van der Waals surface area contributed by atoms with E-state index >= 15 is 0 Å². The SMILES string of the molecule is Clc1ccc(Br)c(CNc2ccc(Cl)nc2)c1. The van der Waals surface area contributed by atoms with Gasteiger partial charge in [0.1, 0.15) is 5.15 Å². The summed E-state index contributed by atoms with van der Waals surface area (Å²) >= 11 is 15.1. The Morgan fingerprint density at radius 3 is 2.71 bits per heavy atom. The molecule has 0 bridgehead atoms. The summed E-state index contributed by atoms with van der Waals surface area (Å²) < 4.78 is 1.02. The molecule has 88 valence electrons. The number of aromatic nitrogens is 1. The number of halogens is 3.